The van der Waals surface area contributed by atoms with E-state index >= 15 is 0 Å². The van der Waals surface area contributed by atoms with E-state index < -0.39 is 0 Å². The fourth-order valence-electron chi connectivity index (χ4n) is 4.01. The molecule has 1 saturated heterocycles. The van der Waals surface area contributed by atoms with E-state index in [1.165, 1.54) is 31.5 Å². The first kappa shape index (κ1) is 15.5. The van der Waals surface area contributed by atoms with Gasteiger partial charge in [-0.3, -0.25) is 4.90 Å². The van der Waals surface area contributed by atoms with Gasteiger partial charge in [0.15, 0.2) is 0 Å². The monoisotopic (exact) mass is 301 g/mol. The molecule has 2 bridgehead atoms. The number of hydrogen-bond acceptors (Lipinski definition) is 3. The fraction of sp³-hybridized carbons (Fsp3) is 0.632. The number of carbonyl (C=O) groups excluding carboxylic acids is 1. The Balaban J connectivity index is 1.89. The summed E-state index contributed by atoms with van der Waals surface area (Å²) in [5, 5.41) is 0. The molecule has 3 atom stereocenters. The Kier molecular flexibility index (Phi) is 4.53. The molecule has 3 nitrogen and oxygen atoms in total. The number of allylic oxidation sites excluding steroid dienone is 1. The molecule has 0 N–H and O–H groups in total. The minimum Gasteiger partial charge on any atom is -0.454 e. The molecule has 0 aromatic rings. The number of ether oxygens (including phenoxy) is 1. The van der Waals surface area contributed by atoms with E-state index in [1.807, 2.05) is 0 Å². The van der Waals surface area contributed by atoms with Gasteiger partial charge in [0, 0.05) is 17.5 Å². The van der Waals surface area contributed by atoms with Crippen LogP contribution in [0.2, 0.25) is 0 Å². The van der Waals surface area contributed by atoms with Crippen LogP contribution in [0.5, 0.6) is 0 Å². The highest BCUT2D eigenvalue weighted by Crippen LogP contribution is 2.34. The average molecular weight is 301 g/mol. The molecule has 0 spiro atoms. The summed E-state index contributed by atoms with van der Waals surface area (Å²) in [4.78, 5) is 14.6. The lowest BCUT2D eigenvalue weighted by molar-refractivity contribution is -0.141. The van der Waals surface area contributed by atoms with Crippen LogP contribution < -0.4 is 0 Å². The molecule has 0 amide bonds. The predicted molar refractivity (Wildman–Crippen MR) is 88.5 cm³/mol. The van der Waals surface area contributed by atoms with Gasteiger partial charge in [0.1, 0.15) is 6.10 Å². The van der Waals surface area contributed by atoms with E-state index in [1.54, 1.807) is 0 Å². The Morgan fingerprint density at radius 1 is 1.36 bits per heavy atom. The Morgan fingerprint density at radius 2 is 2.09 bits per heavy atom. The lowest BCUT2D eigenvalue weighted by atomic mass is 9.84. The summed E-state index contributed by atoms with van der Waals surface area (Å²) < 4.78 is 5.64. The second-order valence-corrected chi connectivity index (χ2v) is 7.00. The molecule has 0 unspecified atom stereocenters. The van der Waals surface area contributed by atoms with Gasteiger partial charge in [-0.15, -0.1) is 0 Å². The first-order chi connectivity index (χ1) is 10.6. The molecule has 2 heterocycles. The number of rotatable bonds is 2. The van der Waals surface area contributed by atoms with Gasteiger partial charge in [0.2, 0.25) is 0 Å². The van der Waals surface area contributed by atoms with Gasteiger partial charge in [-0.2, -0.15) is 0 Å². The Morgan fingerprint density at radius 3 is 2.77 bits per heavy atom. The Hall–Kier alpha value is -1.35. The molecule has 3 aliphatic rings. The molecule has 2 aliphatic heterocycles. The van der Waals surface area contributed by atoms with Crippen molar-refractivity contribution in [1.82, 2.24) is 4.90 Å². The molecule has 3 heteroatoms. The second kappa shape index (κ2) is 6.41. The van der Waals surface area contributed by atoms with Gasteiger partial charge in [0.25, 0.3) is 0 Å². The number of carbonyl (C=O) groups is 1. The summed E-state index contributed by atoms with van der Waals surface area (Å²) in [5.74, 6) is 0.0930. The average Bonchev–Trinajstić information content (AvgIpc) is 3.09. The van der Waals surface area contributed by atoms with E-state index in [9.17, 15) is 4.79 Å². The summed E-state index contributed by atoms with van der Waals surface area (Å²) >= 11 is 0. The van der Waals surface area contributed by atoms with Crippen LogP contribution in [-0.2, 0) is 9.53 Å². The molecular weight excluding hydrogens is 274 g/mol. The summed E-state index contributed by atoms with van der Waals surface area (Å²) in [7, 11) is 0. The lowest BCUT2D eigenvalue weighted by Gasteiger charge is -2.33. The maximum absolute atomic E-state index is 12.0. The Bertz CT molecular complexity index is 526. The minimum atomic E-state index is -0.123. The highest BCUT2D eigenvalue weighted by molar-refractivity contribution is 5.91. The van der Waals surface area contributed by atoms with Gasteiger partial charge in [-0.05, 0) is 65.1 Å². The van der Waals surface area contributed by atoms with Gasteiger partial charge < -0.3 is 4.74 Å². The van der Waals surface area contributed by atoms with Crippen LogP contribution >= 0.6 is 0 Å². The standard InChI is InChI=1S/C19H27NO2/c1-13(2)16-12-17(20-9-4-5-10-20)14(3)7-6-8-15-11-18(16)22-19(15)21/h7,11,16-18H,1,4-6,8-10,12H2,2-3H3/b14-7+/t16-,17+,18-/m0/s1. The highest BCUT2D eigenvalue weighted by Gasteiger charge is 2.36. The first-order valence-electron chi connectivity index (χ1n) is 8.54. The number of esters is 1. The predicted octanol–water partition coefficient (Wildman–Crippen LogP) is 3.63. The molecule has 1 fully saturated rings. The normalized spacial score (nSPS) is 35.5. The summed E-state index contributed by atoms with van der Waals surface area (Å²) in [6, 6.07) is 0.457. The van der Waals surface area contributed by atoms with Crippen molar-refractivity contribution in [1.29, 1.82) is 0 Å². The van der Waals surface area contributed by atoms with Crippen molar-refractivity contribution in [3.63, 3.8) is 0 Å². The van der Waals surface area contributed by atoms with E-state index in [2.05, 4.69) is 37.5 Å². The summed E-state index contributed by atoms with van der Waals surface area (Å²) in [5.41, 5.74) is 3.41. The maximum atomic E-state index is 12.0. The van der Waals surface area contributed by atoms with Crippen LogP contribution in [0.1, 0.15) is 46.0 Å². The molecule has 3 rings (SSSR count). The lowest BCUT2D eigenvalue weighted by Crippen LogP contribution is -2.38. The van der Waals surface area contributed by atoms with Gasteiger partial charge in [-0.1, -0.05) is 23.8 Å². The molecule has 120 valence electrons. The number of fused-ring (bicyclic) bond motifs is 1. The van der Waals surface area contributed by atoms with Crippen LogP contribution in [0.15, 0.2) is 35.5 Å². The van der Waals surface area contributed by atoms with E-state index in [0.717, 1.165) is 30.4 Å². The summed E-state index contributed by atoms with van der Waals surface area (Å²) in [6.07, 6.45) is 9.58. The quantitative estimate of drug-likeness (QED) is 0.576. The minimum absolute atomic E-state index is 0.115. The van der Waals surface area contributed by atoms with Crippen LogP contribution in [0.3, 0.4) is 0 Å². The van der Waals surface area contributed by atoms with Crippen LogP contribution in [-0.4, -0.2) is 36.1 Å². The third kappa shape index (κ3) is 3.05. The van der Waals surface area contributed by atoms with Crippen molar-refractivity contribution in [2.24, 2.45) is 5.92 Å². The number of nitrogens with zero attached hydrogens (tertiary/aromatic N) is 1. The fourth-order valence-corrected chi connectivity index (χ4v) is 4.01. The number of likely N-dealkylation sites (tertiary alicyclic amines) is 1. The smallest absolute Gasteiger partial charge is 0.334 e. The van der Waals surface area contributed by atoms with Crippen LogP contribution in [0.4, 0.5) is 0 Å². The van der Waals surface area contributed by atoms with Crippen molar-refractivity contribution in [2.45, 2.75) is 58.1 Å². The van der Waals surface area contributed by atoms with E-state index in [4.69, 9.17) is 4.74 Å². The van der Waals surface area contributed by atoms with Crippen molar-refractivity contribution in [3.8, 4) is 0 Å². The molecule has 1 aliphatic carbocycles. The zero-order chi connectivity index (χ0) is 15.7. The topological polar surface area (TPSA) is 29.5 Å². The maximum Gasteiger partial charge on any atom is 0.334 e. The van der Waals surface area contributed by atoms with Crippen molar-refractivity contribution < 1.29 is 9.53 Å². The SMILES string of the molecule is C=C(C)[C@@H]1C[C@@H](N2CCCC2)/C(C)=C/CCC2=C[C@@H]1OC2=O. The van der Waals surface area contributed by atoms with Crippen molar-refractivity contribution in [2.75, 3.05) is 13.1 Å². The molecular formula is C19H27NO2. The molecule has 0 radical (unpaired) electrons. The zero-order valence-corrected chi connectivity index (χ0v) is 13.8. The second-order valence-electron chi connectivity index (χ2n) is 7.00. The van der Waals surface area contributed by atoms with Crippen molar-refractivity contribution in [3.05, 3.63) is 35.5 Å². The molecule has 0 aromatic carbocycles. The van der Waals surface area contributed by atoms with Gasteiger partial charge in [0.05, 0.1) is 0 Å². The number of hydrogen-bond donors (Lipinski definition) is 0. The molecule has 0 saturated carbocycles. The van der Waals surface area contributed by atoms with Gasteiger partial charge in [-0.25, -0.2) is 4.79 Å². The zero-order valence-electron chi connectivity index (χ0n) is 13.8. The van der Waals surface area contributed by atoms with Gasteiger partial charge >= 0.3 is 5.97 Å². The molecule has 22 heavy (non-hydrogen) atoms. The first-order valence-corrected chi connectivity index (χ1v) is 8.54. The van der Waals surface area contributed by atoms with Crippen molar-refractivity contribution >= 4 is 5.97 Å². The Labute approximate surface area is 133 Å². The largest absolute Gasteiger partial charge is 0.454 e. The third-order valence-electron chi connectivity index (χ3n) is 5.36. The van der Waals surface area contributed by atoms with E-state index in [-0.39, 0.29) is 18.0 Å². The van der Waals surface area contributed by atoms with Crippen LogP contribution in [0, 0.1) is 5.92 Å². The summed E-state index contributed by atoms with van der Waals surface area (Å²) in [6.45, 7) is 10.9. The van der Waals surface area contributed by atoms with E-state index in [0.29, 0.717) is 6.04 Å². The molecule has 0 aromatic heterocycles. The highest BCUT2D eigenvalue weighted by atomic mass is 16.5. The third-order valence-corrected chi connectivity index (χ3v) is 5.36. The van der Waals surface area contributed by atoms with Crippen LogP contribution in [0.25, 0.3) is 0 Å².